The number of carbonyl (C=O) groups excluding carboxylic acids is 2. The molecule has 3 heterocycles. The number of H-pyrrole nitrogens is 1. The van der Waals surface area contributed by atoms with Crippen molar-refractivity contribution in [3.05, 3.63) is 56.6 Å². The summed E-state index contributed by atoms with van der Waals surface area (Å²) in [6, 6.07) is -0.452. The fraction of sp³-hybridized carbons (Fsp3) is 0.776. The first-order valence-corrected chi connectivity index (χ1v) is 23.7. The molecular weight excluding hydrogens is 819 g/mol. The van der Waals surface area contributed by atoms with E-state index in [1.165, 1.54) is 10.8 Å². The summed E-state index contributed by atoms with van der Waals surface area (Å²) >= 11 is 0. The van der Waals surface area contributed by atoms with Gasteiger partial charge in [0, 0.05) is 23.6 Å². The van der Waals surface area contributed by atoms with E-state index in [-0.39, 0.29) is 65.2 Å². The number of esters is 2. The van der Waals surface area contributed by atoms with Crippen molar-refractivity contribution in [2.75, 3.05) is 6.61 Å². The third-order valence-electron chi connectivity index (χ3n) is 18.9. The van der Waals surface area contributed by atoms with E-state index < -0.39 is 52.4 Å². The number of aromatic nitrogens is 5. The van der Waals surface area contributed by atoms with E-state index in [0.717, 1.165) is 69.8 Å². The number of carboxylic acids is 1. The number of ether oxygens (including phenoxy) is 3. The maximum atomic E-state index is 14.8. The highest BCUT2D eigenvalue weighted by Crippen LogP contribution is 2.77. The van der Waals surface area contributed by atoms with Crippen LogP contribution in [0.3, 0.4) is 0 Å². The Hall–Kier alpha value is -4.11. The van der Waals surface area contributed by atoms with Gasteiger partial charge in [-0.15, -0.1) is 5.10 Å². The van der Waals surface area contributed by atoms with Gasteiger partial charge in [-0.3, -0.25) is 28.7 Å². The molecule has 0 spiro atoms. The summed E-state index contributed by atoms with van der Waals surface area (Å²) in [4.78, 5) is 66.7. The van der Waals surface area contributed by atoms with Crippen molar-refractivity contribution >= 4 is 17.9 Å². The molecule has 13 atom stereocenters. The van der Waals surface area contributed by atoms with Crippen molar-refractivity contribution in [1.82, 2.24) is 24.5 Å². The van der Waals surface area contributed by atoms with Crippen molar-refractivity contribution in [1.29, 1.82) is 0 Å². The average molecular weight is 890 g/mol. The summed E-state index contributed by atoms with van der Waals surface area (Å²) < 4.78 is 21.4. The van der Waals surface area contributed by atoms with Gasteiger partial charge in [0.2, 0.25) is 0 Å². The fourth-order valence-corrected chi connectivity index (χ4v) is 15.3. The van der Waals surface area contributed by atoms with Gasteiger partial charge in [-0.25, -0.2) is 9.48 Å². The van der Waals surface area contributed by atoms with Crippen molar-refractivity contribution in [2.45, 2.75) is 170 Å². The lowest BCUT2D eigenvalue weighted by Gasteiger charge is -2.72. The van der Waals surface area contributed by atoms with Crippen molar-refractivity contribution in [3.63, 3.8) is 0 Å². The van der Waals surface area contributed by atoms with Gasteiger partial charge in [0.1, 0.15) is 30.7 Å². The third-order valence-corrected chi connectivity index (χ3v) is 18.9. The maximum Gasteiger partial charge on any atom is 0.330 e. The molecule has 0 bridgehead atoms. The third kappa shape index (κ3) is 7.15. The van der Waals surface area contributed by atoms with E-state index in [0.29, 0.717) is 35.4 Å². The van der Waals surface area contributed by atoms with Gasteiger partial charge in [0.25, 0.3) is 5.56 Å². The lowest BCUT2D eigenvalue weighted by molar-refractivity contribution is -0.251. The molecule has 5 saturated carbocycles. The van der Waals surface area contributed by atoms with Gasteiger partial charge in [0.05, 0.1) is 36.1 Å². The SMILES string of the molecule is C=C(C)[C@@H]1CC[C@]2(C(=O)OCc3cn([C@H]4C[C@H](n5cc(C)c(=O)[nH]c5=O)O[C@@H]4CO)nn3)CC[C@]3(C)[C@H](CC[C@@H]4[C@@]5(C)CC[C@H](OC(=O)CC(C)(C)C(=O)O)C(C)(C)[C@@H]5CC[C@]43C)[C@@H]12. The number of carboxylic acid groups (broad SMARTS) is 1. The van der Waals surface area contributed by atoms with Crippen LogP contribution in [-0.2, 0) is 35.2 Å². The van der Waals surface area contributed by atoms with Gasteiger partial charge in [0.15, 0.2) is 0 Å². The minimum atomic E-state index is -1.19. The van der Waals surface area contributed by atoms with Crippen molar-refractivity contribution in [3.8, 4) is 0 Å². The molecule has 64 heavy (non-hydrogen) atoms. The minimum Gasteiger partial charge on any atom is -0.481 e. The topological polar surface area (TPSA) is 205 Å². The molecule has 1 saturated heterocycles. The Morgan fingerprint density at radius 3 is 2.39 bits per heavy atom. The molecular formula is C49H71N5O10. The molecule has 6 aliphatic rings. The van der Waals surface area contributed by atoms with Crippen molar-refractivity contribution < 1.29 is 38.8 Å². The second kappa shape index (κ2) is 16.0. The second-order valence-corrected chi connectivity index (χ2v) is 22.9. The zero-order valence-corrected chi connectivity index (χ0v) is 39.4. The molecule has 0 radical (unpaired) electrons. The summed E-state index contributed by atoms with van der Waals surface area (Å²) in [5, 5.41) is 28.6. The van der Waals surface area contributed by atoms with Gasteiger partial charge >= 0.3 is 23.6 Å². The maximum absolute atomic E-state index is 14.8. The summed E-state index contributed by atoms with van der Waals surface area (Å²) in [5.41, 5.74) is -1.15. The zero-order valence-electron chi connectivity index (χ0n) is 39.4. The van der Waals surface area contributed by atoms with E-state index in [4.69, 9.17) is 14.2 Å². The number of hydrogen-bond acceptors (Lipinski definition) is 11. The number of carbonyl (C=O) groups is 3. The lowest BCUT2D eigenvalue weighted by atomic mass is 9.32. The van der Waals surface area contributed by atoms with E-state index in [9.17, 15) is 34.2 Å². The average Bonchev–Trinajstić information content (AvgIpc) is 3.97. The number of aliphatic hydroxyl groups is 1. The van der Waals surface area contributed by atoms with Crippen LogP contribution in [0, 0.1) is 69.0 Å². The Morgan fingerprint density at radius 2 is 1.70 bits per heavy atom. The summed E-state index contributed by atoms with van der Waals surface area (Å²) in [6.07, 6.45) is 10.9. The molecule has 0 aromatic carbocycles. The Morgan fingerprint density at radius 1 is 0.969 bits per heavy atom. The Kier molecular flexibility index (Phi) is 11.6. The first-order valence-electron chi connectivity index (χ1n) is 23.7. The second-order valence-electron chi connectivity index (χ2n) is 22.9. The highest BCUT2D eigenvalue weighted by atomic mass is 16.5. The number of aryl methyl sites for hydroxylation is 1. The van der Waals surface area contributed by atoms with Crippen LogP contribution in [-0.4, -0.2) is 71.5 Å². The predicted octanol–water partition coefficient (Wildman–Crippen LogP) is 7.07. The smallest absolute Gasteiger partial charge is 0.330 e. The number of nitrogens with zero attached hydrogens (tertiary/aromatic N) is 4. The molecule has 15 heteroatoms. The predicted molar refractivity (Wildman–Crippen MR) is 235 cm³/mol. The lowest BCUT2D eigenvalue weighted by Crippen LogP contribution is -2.67. The molecule has 6 fully saturated rings. The summed E-state index contributed by atoms with van der Waals surface area (Å²) in [7, 11) is 0. The van der Waals surface area contributed by atoms with Crippen LogP contribution >= 0.6 is 0 Å². The number of allylic oxidation sites excluding steroid dienone is 1. The molecule has 352 valence electrons. The zero-order chi connectivity index (χ0) is 46.5. The van der Waals surface area contributed by atoms with Gasteiger partial charge in [-0.1, -0.05) is 52.0 Å². The van der Waals surface area contributed by atoms with Gasteiger partial charge < -0.3 is 24.4 Å². The Balaban J connectivity index is 0.981. The number of aliphatic carboxylic acids is 1. The van der Waals surface area contributed by atoms with Crippen molar-refractivity contribution in [2.24, 2.45) is 62.1 Å². The van der Waals surface area contributed by atoms with E-state index in [1.807, 2.05) is 0 Å². The Labute approximate surface area is 376 Å². The first-order chi connectivity index (χ1) is 29.9. The summed E-state index contributed by atoms with van der Waals surface area (Å²) in [5.74, 6) is -0.192. The standard InChI is InChI=1S/C49H71N5O10/c1-27(2)30-13-18-49(42(60)62-26-29-24-54(52-51-29)32-21-37(63-33(32)25-55)53-23-28(3)40(57)50-43(53)61)20-19-47(9)31(39(30)49)11-12-35-46(8)16-15-36(64-38(56)22-44(4,5)41(58)59)45(6,7)34(46)14-17-48(35,47)10/h23-24,30-37,39,55H,1,11-22,25-26H2,2-10H3,(H,58,59)(H,50,57,61)/t30-,31+,32-,33+,34-,35+,36-,37+,39+,46-,47+,48+,49-/m0/s1. The van der Waals surface area contributed by atoms with Crippen LogP contribution in [0.1, 0.15) is 156 Å². The Bertz CT molecular complexity index is 2310. The monoisotopic (exact) mass is 890 g/mol. The number of fused-ring (bicyclic) bond motifs is 7. The van der Waals surface area contributed by atoms with Crippen LogP contribution in [0.25, 0.3) is 0 Å². The van der Waals surface area contributed by atoms with E-state index in [2.05, 4.69) is 63.4 Å². The van der Waals surface area contributed by atoms with E-state index in [1.54, 1.807) is 31.6 Å². The summed E-state index contributed by atoms with van der Waals surface area (Å²) in [6.45, 7) is 23.1. The van der Waals surface area contributed by atoms with Gasteiger partial charge in [-0.2, -0.15) is 0 Å². The highest BCUT2D eigenvalue weighted by molar-refractivity contribution is 5.81. The first kappa shape index (κ1) is 46.4. The normalized spacial score (nSPS) is 38.9. The van der Waals surface area contributed by atoms with Crippen LogP contribution in [0.2, 0.25) is 0 Å². The van der Waals surface area contributed by atoms with E-state index >= 15 is 0 Å². The number of rotatable bonds is 11. The molecule has 2 aromatic rings. The van der Waals surface area contributed by atoms with Gasteiger partial charge in [-0.05, 0) is 138 Å². The number of hydrogen-bond donors (Lipinski definition) is 3. The van der Waals surface area contributed by atoms with Crippen LogP contribution in [0.5, 0.6) is 0 Å². The molecule has 3 N–H and O–H groups in total. The van der Waals surface area contributed by atoms with Crippen LogP contribution in [0.4, 0.5) is 0 Å². The fourth-order valence-electron chi connectivity index (χ4n) is 15.3. The quantitative estimate of drug-likeness (QED) is 0.153. The molecule has 5 aliphatic carbocycles. The largest absolute Gasteiger partial charge is 0.481 e. The van der Waals surface area contributed by atoms with Crippen LogP contribution < -0.4 is 11.2 Å². The minimum absolute atomic E-state index is 0.0156. The number of nitrogens with one attached hydrogen (secondary N) is 1. The molecule has 0 unspecified atom stereocenters. The van der Waals surface area contributed by atoms with Crippen LogP contribution in [0.15, 0.2) is 34.1 Å². The molecule has 2 aromatic heterocycles. The number of aromatic amines is 1. The highest BCUT2D eigenvalue weighted by Gasteiger charge is 2.72. The molecule has 8 rings (SSSR count). The number of aliphatic hydroxyl groups excluding tert-OH is 1. The molecule has 0 amide bonds. The molecule has 15 nitrogen and oxygen atoms in total. The molecule has 1 aliphatic heterocycles.